The van der Waals surface area contributed by atoms with Crippen molar-refractivity contribution < 1.29 is 4.48 Å². The van der Waals surface area contributed by atoms with Crippen LogP contribution >= 0.6 is 0 Å². The van der Waals surface area contributed by atoms with Crippen LogP contribution in [0.4, 0.5) is 0 Å². The summed E-state index contributed by atoms with van der Waals surface area (Å²) in [5.74, 6) is 0. The molecule has 2 nitrogen and oxygen atoms in total. The van der Waals surface area contributed by atoms with Gasteiger partial charge < -0.3 is 9.80 Å². The molecule has 1 heterocycles. The fraction of sp³-hybridized carbons (Fsp3) is 0.467. The first-order valence-electron chi connectivity index (χ1n) is 6.20. The Morgan fingerprint density at radius 3 is 2.59 bits per heavy atom. The third kappa shape index (κ3) is 3.60. The van der Waals surface area contributed by atoms with Crippen molar-refractivity contribution in [3.63, 3.8) is 0 Å². The molecule has 0 aromatic rings. The summed E-state index contributed by atoms with van der Waals surface area (Å²) in [7, 11) is 4.55. The van der Waals surface area contributed by atoms with Crippen LogP contribution in [0, 0.1) is 0 Å². The first-order valence-corrected chi connectivity index (χ1v) is 6.20. The Labute approximate surface area is 106 Å². The number of nitrogens with zero attached hydrogens (tertiary/aromatic N) is 1. The zero-order valence-corrected chi connectivity index (χ0v) is 11.2. The Morgan fingerprint density at radius 2 is 2.12 bits per heavy atom. The number of nitrogens with one attached hydrogen (secondary N) is 1. The second-order valence-corrected chi connectivity index (χ2v) is 5.22. The molecule has 0 bridgehead atoms. The average Bonchev–Trinajstić information content (AvgIpc) is 2.63. The first kappa shape index (κ1) is 13.8. The predicted octanol–water partition coefficient (Wildman–Crippen LogP) is 2.63. The summed E-state index contributed by atoms with van der Waals surface area (Å²) >= 11 is 0. The molecule has 0 radical (unpaired) electrons. The van der Waals surface area contributed by atoms with Crippen LogP contribution in [0.1, 0.15) is 12.8 Å². The normalized spacial score (nSPS) is 23.2. The topological polar surface area (TPSA) is 12.0 Å². The van der Waals surface area contributed by atoms with Gasteiger partial charge >= 0.3 is 0 Å². The quantitative estimate of drug-likeness (QED) is 0.549. The Balaban J connectivity index is 2.53. The van der Waals surface area contributed by atoms with Crippen LogP contribution in [-0.4, -0.2) is 37.7 Å². The van der Waals surface area contributed by atoms with E-state index in [4.69, 9.17) is 0 Å². The van der Waals surface area contributed by atoms with Crippen molar-refractivity contribution in [2.75, 3.05) is 27.2 Å². The molecule has 0 amide bonds. The van der Waals surface area contributed by atoms with Crippen molar-refractivity contribution in [1.29, 1.82) is 0 Å². The highest BCUT2D eigenvalue weighted by Crippen LogP contribution is 2.26. The van der Waals surface area contributed by atoms with Crippen LogP contribution in [0.25, 0.3) is 0 Å². The number of hydrogen-bond acceptors (Lipinski definition) is 1. The highest BCUT2D eigenvalue weighted by Gasteiger charge is 2.35. The maximum absolute atomic E-state index is 4.18. The Hall–Kier alpha value is -1.28. The molecular weight excluding hydrogens is 208 g/mol. The van der Waals surface area contributed by atoms with Crippen molar-refractivity contribution in [3.05, 3.63) is 49.2 Å². The van der Waals surface area contributed by atoms with Gasteiger partial charge in [-0.25, -0.2) is 0 Å². The number of likely N-dealkylation sites (N-methyl/N-ethyl adjacent to an activating group) is 1. The van der Waals surface area contributed by atoms with E-state index in [0.717, 1.165) is 22.3 Å². The van der Waals surface area contributed by atoms with Gasteiger partial charge in [-0.05, 0) is 5.57 Å². The van der Waals surface area contributed by atoms with E-state index in [1.165, 1.54) is 19.4 Å². The number of rotatable bonds is 6. The minimum Gasteiger partial charge on any atom is -0.380 e. The summed E-state index contributed by atoms with van der Waals surface area (Å²) in [6.07, 6.45) is 8.14. The van der Waals surface area contributed by atoms with E-state index in [1.54, 1.807) is 6.08 Å². The molecule has 2 heteroatoms. The minimum absolute atomic E-state index is 0.532. The molecule has 1 aliphatic heterocycles. The molecule has 0 aromatic carbocycles. The van der Waals surface area contributed by atoms with Crippen LogP contribution in [0.3, 0.4) is 0 Å². The molecule has 0 saturated carbocycles. The second-order valence-electron chi connectivity index (χ2n) is 5.22. The van der Waals surface area contributed by atoms with E-state index in [0.29, 0.717) is 6.04 Å². The maximum atomic E-state index is 4.18. The van der Waals surface area contributed by atoms with Crippen molar-refractivity contribution >= 4 is 0 Å². The van der Waals surface area contributed by atoms with Crippen molar-refractivity contribution in [2.24, 2.45) is 0 Å². The third-order valence-corrected chi connectivity index (χ3v) is 3.57. The molecule has 1 rings (SSSR count). The Kier molecular flexibility index (Phi) is 4.76. The van der Waals surface area contributed by atoms with Crippen molar-refractivity contribution in [1.82, 2.24) is 5.32 Å². The lowest BCUT2D eigenvalue weighted by Crippen LogP contribution is -2.47. The van der Waals surface area contributed by atoms with Crippen LogP contribution < -0.4 is 5.32 Å². The molecular formula is C15H25N2+. The lowest BCUT2D eigenvalue weighted by molar-refractivity contribution is -0.897. The van der Waals surface area contributed by atoms with E-state index in [2.05, 4.69) is 39.1 Å². The molecule has 1 unspecified atom stereocenters. The largest absolute Gasteiger partial charge is 0.380 e. The van der Waals surface area contributed by atoms with Gasteiger partial charge in [0.05, 0.1) is 26.3 Å². The van der Waals surface area contributed by atoms with Crippen LogP contribution in [-0.2, 0) is 0 Å². The molecule has 1 N–H and O–H groups in total. The summed E-state index contributed by atoms with van der Waals surface area (Å²) < 4.78 is 1.04. The van der Waals surface area contributed by atoms with Gasteiger partial charge in [-0.2, -0.15) is 0 Å². The SMILES string of the molecule is C=C/C=C(\C=C)CNC(=C)C1CCC[N+]1(C)C. The number of hydrogen-bond donors (Lipinski definition) is 1. The summed E-state index contributed by atoms with van der Waals surface area (Å²) in [6.45, 7) is 13.7. The number of likely N-dealkylation sites (tertiary alicyclic amines) is 1. The van der Waals surface area contributed by atoms with Gasteiger partial charge in [0.25, 0.3) is 0 Å². The average molecular weight is 233 g/mol. The summed E-state index contributed by atoms with van der Waals surface area (Å²) in [4.78, 5) is 0. The Morgan fingerprint density at radius 1 is 1.41 bits per heavy atom. The van der Waals surface area contributed by atoms with E-state index in [-0.39, 0.29) is 0 Å². The molecule has 1 atom stereocenters. The Bertz CT molecular complexity index is 337. The van der Waals surface area contributed by atoms with Crippen molar-refractivity contribution in [3.8, 4) is 0 Å². The minimum atomic E-state index is 0.532. The first-order chi connectivity index (χ1) is 8.01. The fourth-order valence-electron chi connectivity index (χ4n) is 2.48. The summed E-state index contributed by atoms with van der Waals surface area (Å²) in [5.41, 5.74) is 2.29. The number of allylic oxidation sites excluding steroid dienone is 2. The third-order valence-electron chi connectivity index (χ3n) is 3.57. The van der Waals surface area contributed by atoms with E-state index >= 15 is 0 Å². The maximum Gasteiger partial charge on any atom is 0.128 e. The molecule has 0 aromatic heterocycles. The summed E-state index contributed by atoms with van der Waals surface area (Å²) in [6, 6.07) is 0.532. The summed E-state index contributed by atoms with van der Waals surface area (Å²) in [5, 5.41) is 3.42. The van der Waals surface area contributed by atoms with Gasteiger partial charge in [0.1, 0.15) is 6.04 Å². The molecule has 94 valence electrons. The van der Waals surface area contributed by atoms with E-state index < -0.39 is 0 Å². The van der Waals surface area contributed by atoms with Gasteiger partial charge in [-0.15, -0.1) is 0 Å². The standard InChI is InChI=1S/C15H25N2/c1-6-9-14(7-2)12-16-13(3)15-10-8-11-17(15,4)5/h6-7,9,15-16H,1-3,8,10-12H2,4-5H3/q+1/b14-9+. The fourth-order valence-corrected chi connectivity index (χ4v) is 2.48. The van der Waals surface area contributed by atoms with Gasteiger partial charge in [-0.1, -0.05) is 38.0 Å². The van der Waals surface area contributed by atoms with Crippen LogP contribution in [0.5, 0.6) is 0 Å². The monoisotopic (exact) mass is 233 g/mol. The highest BCUT2D eigenvalue weighted by atomic mass is 15.4. The van der Waals surface area contributed by atoms with Gasteiger partial charge in [0.2, 0.25) is 0 Å². The van der Waals surface area contributed by atoms with Crippen LogP contribution in [0.2, 0.25) is 0 Å². The van der Waals surface area contributed by atoms with Gasteiger partial charge in [-0.3, -0.25) is 0 Å². The molecule has 1 aliphatic rings. The lowest BCUT2D eigenvalue weighted by atomic mass is 10.1. The molecule has 1 saturated heterocycles. The number of quaternary nitrogens is 1. The van der Waals surface area contributed by atoms with Gasteiger partial charge in [0.15, 0.2) is 0 Å². The predicted molar refractivity (Wildman–Crippen MR) is 75.6 cm³/mol. The zero-order chi connectivity index (χ0) is 12.9. The second kappa shape index (κ2) is 5.87. The zero-order valence-electron chi connectivity index (χ0n) is 11.2. The molecule has 0 spiro atoms. The smallest absolute Gasteiger partial charge is 0.128 e. The van der Waals surface area contributed by atoms with E-state index in [1.807, 2.05) is 12.2 Å². The van der Waals surface area contributed by atoms with Crippen LogP contribution in [0.15, 0.2) is 49.2 Å². The lowest BCUT2D eigenvalue weighted by Gasteiger charge is -2.33. The van der Waals surface area contributed by atoms with E-state index in [9.17, 15) is 0 Å². The molecule has 17 heavy (non-hydrogen) atoms. The molecule has 1 fully saturated rings. The van der Waals surface area contributed by atoms with Crippen molar-refractivity contribution in [2.45, 2.75) is 18.9 Å². The highest BCUT2D eigenvalue weighted by molar-refractivity contribution is 5.23. The van der Waals surface area contributed by atoms with Gasteiger partial charge in [0, 0.05) is 19.4 Å². The molecule has 0 aliphatic carbocycles.